The zero-order chi connectivity index (χ0) is 16.9. The molecular formula is C18H14ClNO3S. The Labute approximate surface area is 148 Å². The van der Waals surface area contributed by atoms with Gasteiger partial charge in [0.1, 0.15) is 5.75 Å². The summed E-state index contributed by atoms with van der Waals surface area (Å²) in [6.45, 7) is 0.564. The molecule has 3 rings (SSSR count). The van der Waals surface area contributed by atoms with Crippen LogP contribution in [0.4, 0.5) is 4.79 Å². The first-order valence-corrected chi connectivity index (χ1v) is 8.52. The first kappa shape index (κ1) is 16.6. The third-order valence-electron chi connectivity index (χ3n) is 3.39. The van der Waals surface area contributed by atoms with E-state index < -0.39 is 0 Å². The molecule has 1 saturated heterocycles. The molecule has 4 nitrogen and oxygen atoms in total. The standard InChI is InChI=1S/C18H14ClNO3S/c19-14-5-1-12(2-6-14)9-10-23-15-7-3-13(4-8-15)11-16-17(21)20-18(22)24-16/h1-8,11H,9-10H2,(H,20,21,22)/b16-11+. The van der Waals surface area contributed by atoms with Gasteiger partial charge in [-0.1, -0.05) is 35.9 Å². The van der Waals surface area contributed by atoms with Crippen LogP contribution in [0.2, 0.25) is 5.02 Å². The van der Waals surface area contributed by atoms with Gasteiger partial charge in [0.2, 0.25) is 0 Å². The molecule has 1 aliphatic heterocycles. The second-order valence-electron chi connectivity index (χ2n) is 5.15. The van der Waals surface area contributed by atoms with E-state index in [1.807, 2.05) is 48.5 Å². The Morgan fingerprint density at radius 2 is 1.75 bits per heavy atom. The Hall–Kier alpha value is -2.24. The average molecular weight is 360 g/mol. The van der Waals surface area contributed by atoms with Crippen molar-refractivity contribution in [3.05, 3.63) is 69.6 Å². The maximum absolute atomic E-state index is 11.5. The number of amides is 2. The Kier molecular flexibility index (Phi) is 5.23. The van der Waals surface area contributed by atoms with Crippen molar-refractivity contribution in [3.63, 3.8) is 0 Å². The van der Waals surface area contributed by atoms with Crippen LogP contribution in [-0.4, -0.2) is 17.8 Å². The number of hydrogen-bond acceptors (Lipinski definition) is 4. The van der Waals surface area contributed by atoms with Crippen LogP contribution in [0, 0.1) is 0 Å². The van der Waals surface area contributed by atoms with Crippen LogP contribution in [0.1, 0.15) is 11.1 Å². The zero-order valence-electron chi connectivity index (χ0n) is 12.6. The van der Waals surface area contributed by atoms with E-state index in [1.54, 1.807) is 6.08 Å². The molecule has 1 N–H and O–H groups in total. The van der Waals surface area contributed by atoms with Crippen LogP contribution in [0.3, 0.4) is 0 Å². The molecule has 2 aromatic carbocycles. The number of ether oxygens (including phenoxy) is 1. The molecule has 2 aromatic rings. The van der Waals surface area contributed by atoms with Gasteiger partial charge in [-0.2, -0.15) is 0 Å². The van der Waals surface area contributed by atoms with E-state index in [-0.39, 0.29) is 11.1 Å². The van der Waals surface area contributed by atoms with E-state index >= 15 is 0 Å². The molecule has 6 heteroatoms. The highest BCUT2D eigenvalue weighted by molar-refractivity contribution is 8.18. The molecule has 0 bridgehead atoms. The first-order valence-electron chi connectivity index (χ1n) is 7.32. The van der Waals surface area contributed by atoms with Gasteiger partial charge in [0.25, 0.3) is 11.1 Å². The van der Waals surface area contributed by atoms with Gasteiger partial charge in [-0.25, -0.2) is 0 Å². The maximum atomic E-state index is 11.5. The van der Waals surface area contributed by atoms with Crippen LogP contribution in [0.5, 0.6) is 5.75 Å². The highest BCUT2D eigenvalue weighted by atomic mass is 35.5. The van der Waals surface area contributed by atoms with Crippen molar-refractivity contribution >= 4 is 40.6 Å². The molecule has 1 heterocycles. The number of nitrogens with one attached hydrogen (secondary N) is 1. The molecule has 0 radical (unpaired) electrons. The number of carbonyl (C=O) groups excluding carboxylic acids is 2. The van der Waals surface area contributed by atoms with Crippen molar-refractivity contribution in [3.8, 4) is 5.75 Å². The molecule has 0 aromatic heterocycles. The number of halogens is 1. The highest BCUT2D eigenvalue weighted by Gasteiger charge is 2.24. The molecule has 2 amide bonds. The normalized spacial score (nSPS) is 15.6. The van der Waals surface area contributed by atoms with E-state index in [9.17, 15) is 9.59 Å². The third kappa shape index (κ3) is 4.40. The second-order valence-corrected chi connectivity index (χ2v) is 6.60. The molecular weight excluding hydrogens is 346 g/mol. The summed E-state index contributed by atoms with van der Waals surface area (Å²) in [4.78, 5) is 23.0. The van der Waals surface area contributed by atoms with Gasteiger partial charge in [0, 0.05) is 11.4 Å². The van der Waals surface area contributed by atoms with Gasteiger partial charge in [-0.15, -0.1) is 0 Å². The topological polar surface area (TPSA) is 55.4 Å². The Balaban J connectivity index is 1.55. The van der Waals surface area contributed by atoms with Crippen LogP contribution in [0.25, 0.3) is 6.08 Å². The van der Waals surface area contributed by atoms with Gasteiger partial charge in [0.05, 0.1) is 11.5 Å². The molecule has 1 fully saturated rings. The number of carbonyl (C=O) groups is 2. The van der Waals surface area contributed by atoms with Crippen molar-refractivity contribution in [2.75, 3.05) is 6.61 Å². The molecule has 0 saturated carbocycles. The van der Waals surface area contributed by atoms with Crippen molar-refractivity contribution in [2.45, 2.75) is 6.42 Å². The lowest BCUT2D eigenvalue weighted by Gasteiger charge is -2.07. The second kappa shape index (κ2) is 7.55. The van der Waals surface area contributed by atoms with E-state index in [0.717, 1.165) is 40.1 Å². The van der Waals surface area contributed by atoms with Crippen LogP contribution < -0.4 is 10.1 Å². The molecule has 24 heavy (non-hydrogen) atoms. The zero-order valence-corrected chi connectivity index (χ0v) is 14.2. The first-order chi connectivity index (χ1) is 11.6. The predicted octanol–water partition coefficient (Wildman–Crippen LogP) is 4.29. The smallest absolute Gasteiger partial charge is 0.290 e. The predicted molar refractivity (Wildman–Crippen MR) is 96.2 cm³/mol. The summed E-state index contributed by atoms with van der Waals surface area (Å²) in [5.74, 6) is 0.402. The van der Waals surface area contributed by atoms with Crippen LogP contribution >= 0.6 is 23.4 Å². The molecule has 0 atom stereocenters. The summed E-state index contributed by atoms with van der Waals surface area (Å²) in [6.07, 6.45) is 2.48. The third-order valence-corrected chi connectivity index (χ3v) is 4.46. The Morgan fingerprint density at radius 3 is 2.38 bits per heavy atom. The van der Waals surface area contributed by atoms with E-state index in [2.05, 4.69) is 5.32 Å². The fraction of sp³-hybridized carbons (Fsp3) is 0.111. The van der Waals surface area contributed by atoms with Crippen LogP contribution in [-0.2, 0) is 11.2 Å². The van der Waals surface area contributed by atoms with Gasteiger partial charge in [0.15, 0.2) is 0 Å². The molecule has 0 aliphatic carbocycles. The van der Waals surface area contributed by atoms with Gasteiger partial charge >= 0.3 is 0 Å². The van der Waals surface area contributed by atoms with Crippen LogP contribution in [0.15, 0.2) is 53.4 Å². The molecule has 1 aliphatic rings. The summed E-state index contributed by atoms with van der Waals surface area (Å²) in [5, 5.41) is 2.61. The fourth-order valence-electron chi connectivity index (χ4n) is 2.17. The van der Waals surface area contributed by atoms with Crippen molar-refractivity contribution < 1.29 is 14.3 Å². The molecule has 0 unspecified atom stereocenters. The fourth-order valence-corrected chi connectivity index (χ4v) is 2.98. The van der Waals surface area contributed by atoms with E-state index in [0.29, 0.717) is 11.5 Å². The quantitative estimate of drug-likeness (QED) is 0.809. The number of rotatable bonds is 5. The van der Waals surface area contributed by atoms with E-state index in [4.69, 9.17) is 16.3 Å². The average Bonchev–Trinajstić information content (AvgIpc) is 2.88. The Morgan fingerprint density at radius 1 is 1.04 bits per heavy atom. The van der Waals surface area contributed by atoms with Crippen molar-refractivity contribution in [2.24, 2.45) is 0 Å². The summed E-state index contributed by atoms with van der Waals surface area (Å²) in [6, 6.07) is 15.1. The molecule has 0 spiro atoms. The van der Waals surface area contributed by atoms with Crippen molar-refractivity contribution in [1.29, 1.82) is 0 Å². The lowest BCUT2D eigenvalue weighted by Crippen LogP contribution is -2.17. The minimum Gasteiger partial charge on any atom is -0.493 e. The minimum atomic E-state index is -0.353. The largest absolute Gasteiger partial charge is 0.493 e. The van der Waals surface area contributed by atoms with Gasteiger partial charge < -0.3 is 4.74 Å². The van der Waals surface area contributed by atoms with Gasteiger partial charge in [-0.05, 0) is 53.2 Å². The number of thioether (sulfide) groups is 1. The summed E-state index contributed by atoms with van der Waals surface area (Å²) < 4.78 is 5.71. The lowest BCUT2D eigenvalue weighted by atomic mass is 10.1. The Bertz CT molecular complexity index is 785. The lowest BCUT2D eigenvalue weighted by molar-refractivity contribution is -0.115. The number of hydrogen-bond donors (Lipinski definition) is 1. The maximum Gasteiger partial charge on any atom is 0.290 e. The number of benzene rings is 2. The monoisotopic (exact) mass is 359 g/mol. The summed E-state index contributed by atoms with van der Waals surface area (Å²) in [5.41, 5.74) is 2.00. The highest BCUT2D eigenvalue weighted by Crippen LogP contribution is 2.26. The van der Waals surface area contributed by atoms with E-state index in [1.165, 1.54) is 0 Å². The summed E-state index contributed by atoms with van der Waals surface area (Å²) >= 11 is 6.76. The number of imide groups is 1. The van der Waals surface area contributed by atoms with Gasteiger partial charge in [-0.3, -0.25) is 14.9 Å². The SMILES string of the molecule is O=C1NC(=O)/C(=C\c2ccc(OCCc3ccc(Cl)cc3)cc2)S1. The summed E-state index contributed by atoms with van der Waals surface area (Å²) in [7, 11) is 0. The van der Waals surface area contributed by atoms with Crippen molar-refractivity contribution in [1.82, 2.24) is 5.32 Å². The minimum absolute atomic E-state index is 0.339. The molecule has 122 valence electrons.